The normalized spacial score (nSPS) is 14.6. The molecule has 1 amide bonds. The third kappa shape index (κ3) is 6.08. The first kappa shape index (κ1) is 21.8. The molecule has 0 unspecified atom stereocenters. The first-order chi connectivity index (χ1) is 15.1. The molecule has 1 aromatic heterocycles. The van der Waals surface area contributed by atoms with Gasteiger partial charge in [0.1, 0.15) is 0 Å². The lowest BCUT2D eigenvalue weighted by molar-refractivity contribution is -0.129. The lowest BCUT2D eigenvalue weighted by Gasteiger charge is -2.32. The minimum absolute atomic E-state index is 0.197. The van der Waals surface area contributed by atoms with Gasteiger partial charge in [-0.25, -0.2) is 0 Å². The highest BCUT2D eigenvalue weighted by Crippen LogP contribution is 2.30. The number of aromatic nitrogens is 2. The summed E-state index contributed by atoms with van der Waals surface area (Å²) in [4.78, 5) is 14.7. The van der Waals surface area contributed by atoms with E-state index in [-0.39, 0.29) is 5.91 Å². The number of benzene rings is 2. The van der Waals surface area contributed by atoms with Crippen LogP contribution in [0.15, 0.2) is 52.9 Å². The van der Waals surface area contributed by atoms with Crippen molar-refractivity contribution in [3.63, 3.8) is 0 Å². The average molecular weight is 453 g/mol. The summed E-state index contributed by atoms with van der Waals surface area (Å²) in [5.41, 5.74) is 4.84. The number of likely N-dealkylation sites (tertiary alicyclic amines) is 1. The molecule has 1 saturated heterocycles. The van der Waals surface area contributed by atoms with Crippen molar-refractivity contribution in [1.29, 1.82) is 0 Å². The van der Waals surface area contributed by atoms with Gasteiger partial charge < -0.3 is 10.2 Å². The summed E-state index contributed by atoms with van der Waals surface area (Å²) < 4.78 is 0.819. The first-order valence-electron chi connectivity index (χ1n) is 10.7. The Balaban J connectivity index is 1.22. The Hall–Kier alpha value is -2.38. The quantitative estimate of drug-likeness (QED) is 0.482. The number of piperidine rings is 1. The largest absolute Gasteiger partial charge is 0.342 e. The number of hydrogen-bond acceptors (Lipinski definition) is 6. The maximum Gasteiger partial charge on any atom is 0.233 e. The van der Waals surface area contributed by atoms with Crippen molar-refractivity contribution in [2.45, 2.75) is 37.4 Å². The van der Waals surface area contributed by atoms with Crippen molar-refractivity contribution < 1.29 is 4.79 Å². The van der Waals surface area contributed by atoms with Crippen LogP contribution in [-0.4, -0.2) is 39.8 Å². The average Bonchev–Trinajstić information content (AvgIpc) is 3.23. The van der Waals surface area contributed by atoms with E-state index in [4.69, 9.17) is 0 Å². The molecule has 5 nitrogen and oxygen atoms in total. The van der Waals surface area contributed by atoms with Crippen LogP contribution in [0.1, 0.15) is 29.5 Å². The number of hydrogen-bond donors (Lipinski definition) is 1. The zero-order valence-electron chi connectivity index (χ0n) is 18.0. The Morgan fingerprint density at radius 2 is 1.90 bits per heavy atom. The molecular formula is C24H28N4OS2. The summed E-state index contributed by atoms with van der Waals surface area (Å²) in [6.45, 7) is 5.87. The molecule has 0 saturated carbocycles. The van der Waals surface area contributed by atoms with Crippen LogP contribution in [0.2, 0.25) is 0 Å². The zero-order chi connectivity index (χ0) is 21.6. The molecule has 0 spiro atoms. The fraction of sp³-hybridized carbons (Fsp3) is 0.375. The number of carbonyl (C=O) groups excluding carboxylic acids is 1. The van der Waals surface area contributed by atoms with Gasteiger partial charge in [0.2, 0.25) is 11.0 Å². The van der Waals surface area contributed by atoms with Gasteiger partial charge in [-0.05, 0) is 56.2 Å². The molecule has 1 aliphatic heterocycles. The highest BCUT2D eigenvalue weighted by molar-refractivity contribution is 8.01. The smallest absolute Gasteiger partial charge is 0.233 e. The number of anilines is 2. The van der Waals surface area contributed by atoms with Gasteiger partial charge in [0, 0.05) is 18.8 Å². The molecule has 0 atom stereocenters. The topological polar surface area (TPSA) is 58.1 Å². The summed E-state index contributed by atoms with van der Waals surface area (Å²) in [5.74, 6) is 1.28. The minimum Gasteiger partial charge on any atom is -0.342 e. The van der Waals surface area contributed by atoms with E-state index in [1.165, 1.54) is 39.8 Å². The van der Waals surface area contributed by atoms with Crippen molar-refractivity contribution in [1.82, 2.24) is 15.1 Å². The predicted molar refractivity (Wildman–Crippen MR) is 129 cm³/mol. The lowest BCUT2D eigenvalue weighted by Crippen LogP contribution is -2.39. The molecule has 31 heavy (non-hydrogen) atoms. The van der Waals surface area contributed by atoms with E-state index in [1.54, 1.807) is 0 Å². The SMILES string of the molecule is Cc1ccc(Nc2nnc(SCC(=O)N3CCC(Cc4ccccc4)CC3)s2)c(C)c1. The van der Waals surface area contributed by atoms with Crippen LogP contribution in [0, 0.1) is 19.8 Å². The van der Waals surface area contributed by atoms with E-state index < -0.39 is 0 Å². The molecule has 7 heteroatoms. The molecule has 0 radical (unpaired) electrons. The van der Waals surface area contributed by atoms with E-state index in [9.17, 15) is 4.79 Å². The Morgan fingerprint density at radius 3 is 2.65 bits per heavy atom. The Morgan fingerprint density at radius 1 is 1.13 bits per heavy atom. The maximum absolute atomic E-state index is 12.7. The van der Waals surface area contributed by atoms with Gasteiger partial charge in [-0.15, -0.1) is 10.2 Å². The molecule has 3 aromatic rings. The molecule has 2 heterocycles. The second kappa shape index (κ2) is 10.3. The van der Waals surface area contributed by atoms with E-state index in [2.05, 4.69) is 77.9 Å². The lowest BCUT2D eigenvalue weighted by atomic mass is 9.90. The number of thioether (sulfide) groups is 1. The van der Waals surface area contributed by atoms with Gasteiger partial charge in [-0.3, -0.25) is 4.79 Å². The highest BCUT2D eigenvalue weighted by Gasteiger charge is 2.23. The molecule has 4 rings (SSSR count). The van der Waals surface area contributed by atoms with Crippen LogP contribution in [0.4, 0.5) is 10.8 Å². The number of amides is 1. The summed E-state index contributed by atoms with van der Waals surface area (Å²) in [5, 5.41) is 12.5. The van der Waals surface area contributed by atoms with Crippen LogP contribution in [0.5, 0.6) is 0 Å². The van der Waals surface area contributed by atoms with E-state index in [1.807, 2.05) is 4.90 Å². The highest BCUT2D eigenvalue weighted by atomic mass is 32.2. The third-order valence-corrected chi connectivity index (χ3v) is 7.64. The molecule has 2 aromatic carbocycles. The molecule has 0 bridgehead atoms. The van der Waals surface area contributed by atoms with Crippen LogP contribution >= 0.6 is 23.1 Å². The summed E-state index contributed by atoms with van der Waals surface area (Å²) in [7, 11) is 0. The van der Waals surface area contributed by atoms with Gasteiger partial charge >= 0.3 is 0 Å². The zero-order valence-corrected chi connectivity index (χ0v) is 19.6. The predicted octanol–water partition coefficient (Wildman–Crippen LogP) is 5.47. The maximum atomic E-state index is 12.7. The number of carbonyl (C=O) groups is 1. The van der Waals surface area contributed by atoms with Crippen LogP contribution in [0.3, 0.4) is 0 Å². The van der Waals surface area contributed by atoms with Crippen molar-refractivity contribution in [2.24, 2.45) is 5.92 Å². The molecule has 1 N–H and O–H groups in total. The van der Waals surface area contributed by atoms with Crippen LogP contribution in [-0.2, 0) is 11.2 Å². The third-order valence-electron chi connectivity index (χ3n) is 5.68. The van der Waals surface area contributed by atoms with Crippen molar-refractivity contribution >= 4 is 39.8 Å². The Kier molecular flexibility index (Phi) is 7.25. The second-order valence-corrected chi connectivity index (χ2v) is 10.3. The molecule has 1 fully saturated rings. The van der Waals surface area contributed by atoms with Crippen LogP contribution in [0.25, 0.3) is 0 Å². The molecule has 162 valence electrons. The Bertz CT molecular complexity index is 1010. The number of aryl methyl sites for hydroxylation is 2. The summed E-state index contributed by atoms with van der Waals surface area (Å²) in [6.07, 6.45) is 3.26. The standard InChI is InChI=1S/C24H28N4OS2/c1-17-8-9-21(18(2)14-17)25-23-26-27-24(31-23)30-16-22(29)28-12-10-20(11-13-28)15-19-6-4-3-5-7-19/h3-9,14,20H,10-13,15-16H2,1-2H3,(H,25,26). The number of rotatable bonds is 7. The summed E-state index contributed by atoms with van der Waals surface area (Å²) in [6, 6.07) is 16.9. The minimum atomic E-state index is 0.197. The fourth-order valence-corrected chi connectivity index (χ4v) is 5.60. The summed E-state index contributed by atoms with van der Waals surface area (Å²) >= 11 is 2.97. The van der Waals surface area contributed by atoms with E-state index in [0.717, 1.165) is 47.5 Å². The van der Waals surface area contributed by atoms with Gasteiger partial charge in [0.25, 0.3) is 0 Å². The first-order valence-corrected chi connectivity index (χ1v) is 12.5. The number of nitrogens with one attached hydrogen (secondary N) is 1. The fourth-order valence-electron chi connectivity index (χ4n) is 3.94. The molecular weight excluding hydrogens is 424 g/mol. The van der Waals surface area contributed by atoms with Crippen molar-refractivity contribution in [3.05, 3.63) is 65.2 Å². The Labute approximate surface area is 192 Å². The second-order valence-electron chi connectivity index (χ2n) is 8.12. The van der Waals surface area contributed by atoms with Gasteiger partial charge in [-0.2, -0.15) is 0 Å². The van der Waals surface area contributed by atoms with E-state index in [0.29, 0.717) is 11.7 Å². The van der Waals surface area contributed by atoms with Crippen molar-refractivity contribution in [2.75, 3.05) is 24.2 Å². The van der Waals surface area contributed by atoms with Crippen LogP contribution < -0.4 is 5.32 Å². The van der Waals surface area contributed by atoms with Gasteiger partial charge in [0.05, 0.1) is 5.75 Å². The molecule has 1 aliphatic rings. The number of nitrogens with zero attached hydrogens (tertiary/aromatic N) is 3. The van der Waals surface area contributed by atoms with Gasteiger partial charge in [-0.1, -0.05) is 71.1 Å². The monoisotopic (exact) mass is 452 g/mol. The van der Waals surface area contributed by atoms with E-state index >= 15 is 0 Å². The molecule has 0 aliphatic carbocycles. The van der Waals surface area contributed by atoms with Crippen molar-refractivity contribution in [3.8, 4) is 0 Å². The van der Waals surface area contributed by atoms with Gasteiger partial charge in [0.15, 0.2) is 4.34 Å².